The van der Waals surface area contributed by atoms with Gasteiger partial charge in [0.25, 0.3) is 0 Å². The zero-order valence-corrected chi connectivity index (χ0v) is 24.3. The molecule has 0 saturated heterocycles. The number of benzene rings is 2. The first-order valence-corrected chi connectivity index (χ1v) is 14.1. The van der Waals surface area contributed by atoms with Crippen LogP contribution in [0.4, 0.5) is 11.4 Å². The second-order valence-electron chi connectivity index (χ2n) is 9.75. The van der Waals surface area contributed by atoms with Gasteiger partial charge in [0.2, 0.25) is 11.8 Å². The summed E-state index contributed by atoms with van der Waals surface area (Å²) in [6, 6.07) is 14.4. The molecule has 0 aliphatic rings. The van der Waals surface area contributed by atoms with Crippen molar-refractivity contribution in [2.75, 3.05) is 18.5 Å². The van der Waals surface area contributed by atoms with Crippen molar-refractivity contribution in [1.29, 1.82) is 0 Å². The van der Waals surface area contributed by atoms with Gasteiger partial charge in [-0.25, -0.2) is 0 Å². The van der Waals surface area contributed by atoms with Crippen LogP contribution in [0.5, 0.6) is 11.5 Å². The topological polar surface area (TPSA) is 154 Å². The van der Waals surface area contributed by atoms with Crippen LogP contribution in [0.2, 0.25) is 0 Å². The Morgan fingerprint density at radius 2 is 1.71 bits per heavy atom. The predicted molar refractivity (Wildman–Crippen MR) is 164 cm³/mol. The monoisotopic (exact) mass is 570 g/mol. The van der Waals surface area contributed by atoms with Crippen molar-refractivity contribution in [3.63, 3.8) is 0 Å². The summed E-state index contributed by atoms with van der Waals surface area (Å²) in [4.78, 5) is 33.6. The molecule has 0 aliphatic carbocycles. The summed E-state index contributed by atoms with van der Waals surface area (Å²) in [5, 5.41) is 7.29. The minimum atomic E-state index is -0.716. The van der Waals surface area contributed by atoms with E-state index in [0.29, 0.717) is 60.9 Å². The molecule has 2 aromatic carbocycles. The van der Waals surface area contributed by atoms with Gasteiger partial charge in [0.1, 0.15) is 0 Å². The first kappa shape index (κ1) is 30.3. The average Bonchev–Trinajstić information content (AvgIpc) is 2.98. The minimum absolute atomic E-state index is 0.00776. The van der Waals surface area contributed by atoms with Gasteiger partial charge in [0.05, 0.1) is 36.9 Å². The molecule has 6 N–H and O–H groups in total. The Bertz CT molecular complexity index is 1540. The van der Waals surface area contributed by atoms with E-state index in [2.05, 4.69) is 27.5 Å². The first-order valence-electron chi connectivity index (χ1n) is 14.1. The molecule has 10 heteroatoms. The van der Waals surface area contributed by atoms with Gasteiger partial charge >= 0.3 is 0 Å². The van der Waals surface area contributed by atoms with Crippen molar-refractivity contribution in [2.24, 2.45) is 11.5 Å². The number of aromatic nitrogens is 2. The lowest BCUT2D eigenvalue weighted by atomic mass is 10.0. The van der Waals surface area contributed by atoms with Crippen molar-refractivity contribution in [3.8, 4) is 11.5 Å². The second-order valence-corrected chi connectivity index (χ2v) is 9.75. The zero-order chi connectivity index (χ0) is 30.1. The van der Waals surface area contributed by atoms with Crippen LogP contribution in [0.15, 0.2) is 60.9 Å². The summed E-state index contributed by atoms with van der Waals surface area (Å²) >= 11 is 0. The van der Waals surface area contributed by atoms with Crippen molar-refractivity contribution in [1.82, 2.24) is 15.3 Å². The number of hydrogen-bond acceptors (Lipinski definition) is 8. The molecule has 0 bridgehead atoms. The Morgan fingerprint density at radius 1 is 0.952 bits per heavy atom. The summed E-state index contributed by atoms with van der Waals surface area (Å²) < 4.78 is 11.7. The number of rotatable bonds is 14. The first-order chi connectivity index (χ1) is 20.3. The number of carbonyl (C=O) groups excluding carboxylic acids is 2. The molecule has 10 nitrogen and oxygen atoms in total. The summed E-state index contributed by atoms with van der Waals surface area (Å²) in [5.41, 5.74) is 17.4. The van der Waals surface area contributed by atoms with E-state index in [9.17, 15) is 9.59 Å². The van der Waals surface area contributed by atoms with Crippen LogP contribution in [0, 0.1) is 0 Å². The van der Waals surface area contributed by atoms with E-state index >= 15 is 0 Å². The molecule has 0 radical (unpaired) electrons. The van der Waals surface area contributed by atoms with Gasteiger partial charge in [-0.15, -0.1) is 0 Å². The van der Waals surface area contributed by atoms with Crippen LogP contribution in [0.1, 0.15) is 43.2 Å². The Balaban J connectivity index is 1.65. The van der Waals surface area contributed by atoms with E-state index in [1.807, 2.05) is 62.4 Å². The Hall–Kier alpha value is -4.70. The van der Waals surface area contributed by atoms with E-state index in [0.717, 1.165) is 27.9 Å². The third-order valence-electron chi connectivity index (χ3n) is 6.81. The number of amides is 2. The predicted octanol–water partition coefficient (Wildman–Crippen LogP) is 3.95. The number of hydrogen-bond donors (Lipinski definition) is 4. The van der Waals surface area contributed by atoms with Gasteiger partial charge in [-0.05, 0) is 55.7 Å². The van der Waals surface area contributed by atoms with Crippen LogP contribution < -0.4 is 31.6 Å². The molecule has 0 unspecified atom stereocenters. The zero-order valence-electron chi connectivity index (χ0n) is 24.3. The molecule has 2 aromatic heterocycles. The van der Waals surface area contributed by atoms with E-state index in [1.54, 1.807) is 12.4 Å². The number of ether oxygens (including phenoxy) is 2. The fourth-order valence-corrected chi connectivity index (χ4v) is 4.87. The highest BCUT2D eigenvalue weighted by molar-refractivity contribution is 5.98. The summed E-state index contributed by atoms with van der Waals surface area (Å²) in [5.74, 6) is 0.464. The molecular weight excluding hydrogens is 532 g/mol. The van der Waals surface area contributed by atoms with Crippen molar-refractivity contribution in [2.45, 2.75) is 52.6 Å². The highest BCUT2D eigenvalue weighted by Crippen LogP contribution is 2.38. The number of nitrogens with one attached hydrogen (secondary N) is 2. The highest BCUT2D eigenvalue weighted by atomic mass is 16.5. The van der Waals surface area contributed by atoms with Crippen molar-refractivity contribution in [3.05, 3.63) is 83.3 Å². The van der Waals surface area contributed by atoms with Crippen molar-refractivity contribution >= 4 is 34.1 Å². The number of nitrogens with two attached hydrogens (primary N) is 2. The fourth-order valence-electron chi connectivity index (χ4n) is 4.87. The van der Waals surface area contributed by atoms with Gasteiger partial charge in [0.15, 0.2) is 11.5 Å². The summed E-state index contributed by atoms with van der Waals surface area (Å²) in [7, 11) is 0. The molecule has 0 fully saturated rings. The van der Waals surface area contributed by atoms with Crippen LogP contribution in [0.25, 0.3) is 10.9 Å². The summed E-state index contributed by atoms with van der Waals surface area (Å²) in [6.07, 6.45) is 4.39. The number of anilines is 2. The Morgan fingerprint density at radius 3 is 2.38 bits per heavy atom. The van der Waals surface area contributed by atoms with Gasteiger partial charge in [-0.1, -0.05) is 25.1 Å². The van der Waals surface area contributed by atoms with E-state index in [-0.39, 0.29) is 12.3 Å². The molecule has 2 amide bonds. The third-order valence-corrected chi connectivity index (χ3v) is 6.81. The number of pyridine rings is 2. The SMILES string of the molecule is CCOc1cc2ncc(CC(N)=O)c(Nc3cccc(CNC(=O)[C@@H](N)Cc4ccccn4)c3CC)c2cc1OCC. The normalized spacial score (nSPS) is 11.6. The van der Waals surface area contributed by atoms with E-state index in [1.165, 1.54) is 0 Å². The van der Waals surface area contributed by atoms with Crippen LogP contribution in [-0.4, -0.2) is 41.0 Å². The van der Waals surface area contributed by atoms with Gasteiger partial charge in [-0.3, -0.25) is 19.6 Å². The number of fused-ring (bicyclic) bond motifs is 1. The molecule has 0 saturated carbocycles. The molecule has 2 heterocycles. The molecule has 4 rings (SSSR count). The highest BCUT2D eigenvalue weighted by Gasteiger charge is 2.19. The van der Waals surface area contributed by atoms with E-state index in [4.69, 9.17) is 20.9 Å². The lowest BCUT2D eigenvalue weighted by Crippen LogP contribution is -2.41. The molecule has 42 heavy (non-hydrogen) atoms. The molecular formula is C32H38N6O4. The minimum Gasteiger partial charge on any atom is -0.490 e. The lowest BCUT2D eigenvalue weighted by molar-refractivity contribution is -0.122. The van der Waals surface area contributed by atoms with Crippen LogP contribution >= 0.6 is 0 Å². The largest absolute Gasteiger partial charge is 0.490 e. The van der Waals surface area contributed by atoms with Crippen LogP contribution in [-0.2, 0) is 35.4 Å². The third kappa shape index (κ3) is 7.32. The number of nitrogens with zero attached hydrogens (tertiary/aromatic N) is 2. The molecule has 1 atom stereocenters. The fraction of sp³-hybridized carbons (Fsp3) is 0.312. The second kappa shape index (κ2) is 14.3. The smallest absolute Gasteiger partial charge is 0.237 e. The molecule has 0 aliphatic heterocycles. The van der Waals surface area contributed by atoms with E-state index < -0.39 is 11.9 Å². The van der Waals surface area contributed by atoms with Crippen molar-refractivity contribution < 1.29 is 19.1 Å². The lowest BCUT2D eigenvalue weighted by Gasteiger charge is -2.20. The molecule has 220 valence electrons. The Kier molecular flexibility index (Phi) is 10.3. The van der Waals surface area contributed by atoms with Gasteiger partial charge in [-0.2, -0.15) is 0 Å². The van der Waals surface area contributed by atoms with Gasteiger partial charge < -0.3 is 31.6 Å². The molecule has 0 spiro atoms. The number of carbonyl (C=O) groups is 2. The maximum atomic E-state index is 12.8. The maximum Gasteiger partial charge on any atom is 0.237 e. The quantitative estimate of drug-likeness (QED) is 0.178. The summed E-state index contributed by atoms with van der Waals surface area (Å²) in [6.45, 7) is 7.12. The number of primary amides is 1. The van der Waals surface area contributed by atoms with Crippen LogP contribution in [0.3, 0.4) is 0 Å². The average molecular weight is 571 g/mol. The molecule has 4 aromatic rings. The maximum absolute atomic E-state index is 12.8. The van der Waals surface area contributed by atoms with Gasteiger partial charge in [0, 0.05) is 53.8 Å². The Labute approximate surface area is 245 Å². The standard InChI is InChI=1S/C32H38N6O4/c1-4-23-20(18-37-32(40)25(33)15-22-11-7-8-13-35-22)10-9-12-26(23)38-31-21(14-30(34)39)19-36-27-17-29(42-6-3)28(41-5-2)16-24(27)31/h7-13,16-17,19,25H,4-6,14-15,18,33H2,1-3H3,(H2,34,39)(H,36,38)(H,37,40)/t25-/m0/s1.